The quantitative estimate of drug-likeness (QED) is 0.853. The average Bonchev–Trinajstić information content (AvgIpc) is 2.96. The minimum absolute atomic E-state index is 0.266. The molecule has 0 amide bonds. The fourth-order valence-corrected chi connectivity index (χ4v) is 2.51. The van der Waals surface area contributed by atoms with Crippen LogP contribution in [0, 0.1) is 0 Å². The van der Waals surface area contributed by atoms with Crippen LogP contribution in [0.25, 0.3) is 0 Å². The Morgan fingerprint density at radius 3 is 2.75 bits per heavy atom. The summed E-state index contributed by atoms with van der Waals surface area (Å²) in [5, 5.41) is 3.46. The lowest BCUT2D eigenvalue weighted by Gasteiger charge is -2.09. The summed E-state index contributed by atoms with van der Waals surface area (Å²) in [6.07, 6.45) is 2.84. The fraction of sp³-hybridized carbons (Fsp3) is 0.385. The van der Waals surface area contributed by atoms with Crippen LogP contribution in [-0.2, 0) is 13.0 Å². The molecule has 0 aliphatic carbocycles. The Morgan fingerprint density at radius 1 is 1.31 bits per heavy atom. The van der Waals surface area contributed by atoms with E-state index in [9.17, 15) is 0 Å². The number of hydrogen-bond acceptors (Lipinski definition) is 3. The molecular formula is C13H17NOS. The Hall–Kier alpha value is -1.06. The van der Waals surface area contributed by atoms with Crippen molar-refractivity contribution in [3.63, 3.8) is 0 Å². The van der Waals surface area contributed by atoms with Crippen molar-refractivity contribution in [2.75, 3.05) is 0 Å². The van der Waals surface area contributed by atoms with Gasteiger partial charge in [0.25, 0.3) is 0 Å². The molecule has 0 radical (unpaired) electrons. The molecule has 0 bridgehead atoms. The van der Waals surface area contributed by atoms with Gasteiger partial charge < -0.3 is 9.73 Å². The highest BCUT2D eigenvalue weighted by Crippen LogP contribution is 2.18. The second-order valence-corrected chi connectivity index (χ2v) is 5.09. The summed E-state index contributed by atoms with van der Waals surface area (Å²) in [4.78, 5) is 2.83. The van der Waals surface area contributed by atoms with Gasteiger partial charge in [-0.2, -0.15) is 0 Å². The third kappa shape index (κ3) is 2.74. The standard InChI is InChI=1S/C13H17NOS/c1-3-11-6-7-12(16-11)9-14-10(2)13-5-4-8-15-13/h4-8,10,14H,3,9H2,1-2H3/t10-/m1/s1. The van der Waals surface area contributed by atoms with Crippen LogP contribution in [-0.4, -0.2) is 0 Å². The largest absolute Gasteiger partial charge is 0.468 e. The van der Waals surface area contributed by atoms with Gasteiger partial charge in [-0.05, 0) is 37.6 Å². The van der Waals surface area contributed by atoms with Gasteiger partial charge in [-0.15, -0.1) is 11.3 Å². The molecular weight excluding hydrogens is 218 g/mol. The molecule has 0 spiro atoms. The molecule has 2 nitrogen and oxygen atoms in total. The van der Waals surface area contributed by atoms with E-state index in [1.807, 2.05) is 23.5 Å². The number of furan rings is 1. The van der Waals surface area contributed by atoms with Crippen LogP contribution in [0.4, 0.5) is 0 Å². The summed E-state index contributed by atoms with van der Waals surface area (Å²) < 4.78 is 5.35. The highest BCUT2D eigenvalue weighted by Gasteiger charge is 2.07. The highest BCUT2D eigenvalue weighted by atomic mass is 32.1. The van der Waals surface area contributed by atoms with Gasteiger partial charge >= 0.3 is 0 Å². The van der Waals surface area contributed by atoms with Gasteiger partial charge in [-0.25, -0.2) is 0 Å². The molecule has 2 aromatic rings. The molecule has 0 saturated heterocycles. The van der Waals surface area contributed by atoms with Gasteiger partial charge in [0.2, 0.25) is 0 Å². The summed E-state index contributed by atoms with van der Waals surface area (Å²) in [7, 11) is 0. The second kappa shape index (κ2) is 5.32. The number of rotatable bonds is 5. The second-order valence-electron chi connectivity index (χ2n) is 3.84. The zero-order chi connectivity index (χ0) is 11.4. The molecule has 0 aliphatic rings. The van der Waals surface area contributed by atoms with Crippen LogP contribution in [0.3, 0.4) is 0 Å². The summed E-state index contributed by atoms with van der Waals surface area (Å²) in [5.74, 6) is 0.993. The Morgan fingerprint density at radius 2 is 2.12 bits per heavy atom. The molecule has 86 valence electrons. The van der Waals surface area contributed by atoms with Crippen molar-refractivity contribution >= 4 is 11.3 Å². The van der Waals surface area contributed by atoms with E-state index in [1.54, 1.807) is 6.26 Å². The molecule has 0 unspecified atom stereocenters. The van der Waals surface area contributed by atoms with Crippen molar-refractivity contribution in [2.24, 2.45) is 0 Å². The van der Waals surface area contributed by atoms with Crippen molar-refractivity contribution in [3.05, 3.63) is 46.0 Å². The summed E-state index contributed by atoms with van der Waals surface area (Å²) in [6, 6.07) is 8.60. The van der Waals surface area contributed by atoms with Crippen LogP contribution in [0.15, 0.2) is 34.9 Å². The van der Waals surface area contributed by atoms with Crippen LogP contribution in [0.1, 0.15) is 35.4 Å². The van der Waals surface area contributed by atoms with Crippen molar-refractivity contribution in [3.8, 4) is 0 Å². The van der Waals surface area contributed by atoms with E-state index >= 15 is 0 Å². The minimum atomic E-state index is 0.266. The van der Waals surface area contributed by atoms with Crippen molar-refractivity contribution in [2.45, 2.75) is 32.9 Å². The van der Waals surface area contributed by atoms with E-state index in [0.717, 1.165) is 18.7 Å². The molecule has 16 heavy (non-hydrogen) atoms. The van der Waals surface area contributed by atoms with E-state index < -0.39 is 0 Å². The monoisotopic (exact) mass is 235 g/mol. The number of nitrogens with one attached hydrogen (secondary N) is 1. The average molecular weight is 235 g/mol. The lowest BCUT2D eigenvalue weighted by atomic mass is 10.2. The fourth-order valence-electron chi connectivity index (χ4n) is 1.60. The first-order valence-electron chi connectivity index (χ1n) is 5.64. The lowest BCUT2D eigenvalue weighted by molar-refractivity contribution is 0.431. The Balaban J connectivity index is 1.87. The molecule has 0 aliphatic heterocycles. The topological polar surface area (TPSA) is 25.2 Å². The molecule has 0 fully saturated rings. The third-order valence-corrected chi connectivity index (χ3v) is 3.85. The first-order valence-corrected chi connectivity index (χ1v) is 6.45. The maximum atomic E-state index is 5.35. The smallest absolute Gasteiger partial charge is 0.120 e. The van der Waals surface area contributed by atoms with Gasteiger partial charge in [0.05, 0.1) is 12.3 Å². The zero-order valence-electron chi connectivity index (χ0n) is 9.69. The van der Waals surface area contributed by atoms with E-state index in [0.29, 0.717) is 0 Å². The van der Waals surface area contributed by atoms with E-state index in [4.69, 9.17) is 4.42 Å². The lowest BCUT2D eigenvalue weighted by Crippen LogP contribution is -2.16. The predicted octanol–water partition coefficient (Wildman–Crippen LogP) is 3.75. The zero-order valence-corrected chi connectivity index (χ0v) is 10.5. The first-order chi connectivity index (χ1) is 7.79. The molecule has 0 saturated carbocycles. The minimum Gasteiger partial charge on any atom is -0.468 e. The molecule has 2 heterocycles. The van der Waals surface area contributed by atoms with Gasteiger partial charge in [0.15, 0.2) is 0 Å². The van der Waals surface area contributed by atoms with E-state index in [1.165, 1.54) is 9.75 Å². The van der Waals surface area contributed by atoms with Crippen LogP contribution in [0.2, 0.25) is 0 Å². The number of aryl methyl sites for hydroxylation is 1. The Kier molecular flexibility index (Phi) is 3.80. The molecule has 2 rings (SSSR count). The van der Waals surface area contributed by atoms with Crippen molar-refractivity contribution in [1.82, 2.24) is 5.32 Å². The normalized spacial score (nSPS) is 12.9. The van der Waals surface area contributed by atoms with Crippen molar-refractivity contribution < 1.29 is 4.42 Å². The SMILES string of the molecule is CCc1ccc(CN[C@H](C)c2ccco2)s1. The summed E-state index contributed by atoms with van der Waals surface area (Å²) >= 11 is 1.88. The van der Waals surface area contributed by atoms with Gasteiger partial charge in [-0.1, -0.05) is 6.92 Å². The first kappa shape index (κ1) is 11.4. The molecule has 1 atom stereocenters. The van der Waals surface area contributed by atoms with Gasteiger partial charge in [0.1, 0.15) is 5.76 Å². The molecule has 1 N–H and O–H groups in total. The number of hydrogen-bond donors (Lipinski definition) is 1. The van der Waals surface area contributed by atoms with Crippen LogP contribution >= 0.6 is 11.3 Å². The van der Waals surface area contributed by atoms with Crippen molar-refractivity contribution in [1.29, 1.82) is 0 Å². The highest BCUT2D eigenvalue weighted by molar-refractivity contribution is 7.11. The van der Waals surface area contributed by atoms with E-state index in [2.05, 4.69) is 31.3 Å². The van der Waals surface area contributed by atoms with Gasteiger partial charge in [0, 0.05) is 16.3 Å². The molecule has 3 heteroatoms. The Labute approximate surface area is 100 Å². The molecule has 0 aromatic carbocycles. The maximum Gasteiger partial charge on any atom is 0.120 e. The maximum absolute atomic E-state index is 5.35. The van der Waals surface area contributed by atoms with Crippen LogP contribution in [0.5, 0.6) is 0 Å². The molecule has 2 aromatic heterocycles. The summed E-state index contributed by atoms with van der Waals surface area (Å²) in [6.45, 7) is 5.22. The summed E-state index contributed by atoms with van der Waals surface area (Å²) in [5.41, 5.74) is 0. The predicted molar refractivity (Wildman–Crippen MR) is 67.7 cm³/mol. The Bertz CT molecular complexity index is 419. The van der Waals surface area contributed by atoms with Gasteiger partial charge in [-0.3, -0.25) is 0 Å². The van der Waals surface area contributed by atoms with Crippen LogP contribution < -0.4 is 5.32 Å². The van der Waals surface area contributed by atoms with E-state index in [-0.39, 0.29) is 6.04 Å². The third-order valence-electron chi connectivity index (χ3n) is 2.62. The number of thiophene rings is 1.